The van der Waals surface area contributed by atoms with Gasteiger partial charge >= 0.3 is 0 Å². The lowest BCUT2D eigenvalue weighted by Gasteiger charge is -2.29. The third-order valence-corrected chi connectivity index (χ3v) is 4.61. The molecule has 0 amide bonds. The molecule has 1 saturated carbocycles. The fourth-order valence-electron chi connectivity index (χ4n) is 3.48. The van der Waals surface area contributed by atoms with Gasteiger partial charge in [0.05, 0.1) is 11.0 Å². The van der Waals surface area contributed by atoms with Crippen LogP contribution in [0.1, 0.15) is 50.6 Å². The largest absolute Gasteiger partial charge is 0.369 e. The molecule has 2 aromatic rings. The Kier molecular flexibility index (Phi) is 3.21. The van der Waals surface area contributed by atoms with Gasteiger partial charge in [-0.05, 0) is 50.3 Å². The van der Waals surface area contributed by atoms with Crippen molar-refractivity contribution in [3.05, 3.63) is 23.8 Å². The van der Waals surface area contributed by atoms with Crippen LogP contribution >= 0.6 is 0 Å². The summed E-state index contributed by atoms with van der Waals surface area (Å²) in [7, 11) is 0. The van der Waals surface area contributed by atoms with Gasteiger partial charge in [0.1, 0.15) is 0 Å². The zero-order valence-electron chi connectivity index (χ0n) is 11.9. The summed E-state index contributed by atoms with van der Waals surface area (Å²) in [5.41, 5.74) is 9.64. The number of anilines is 1. The minimum absolute atomic E-state index is 0.451. The van der Waals surface area contributed by atoms with E-state index in [-0.39, 0.29) is 0 Å². The second-order valence-corrected chi connectivity index (χ2v) is 5.97. The molecule has 1 fully saturated rings. The number of hydrogen-bond donors (Lipinski definition) is 1. The number of nitrogens with two attached hydrogens (primary N) is 1. The smallest absolute Gasteiger partial charge is 0.201 e. The van der Waals surface area contributed by atoms with Gasteiger partial charge in [-0.1, -0.05) is 25.3 Å². The molecule has 3 rings (SSSR count). The normalized spacial score (nSPS) is 18.8. The highest BCUT2D eigenvalue weighted by atomic mass is 15.2. The molecule has 1 aliphatic rings. The number of aryl methyl sites for hydroxylation is 1. The molecule has 1 heterocycles. The Balaban J connectivity index is 2.02. The van der Waals surface area contributed by atoms with Crippen molar-refractivity contribution in [1.29, 1.82) is 0 Å². The van der Waals surface area contributed by atoms with Crippen molar-refractivity contribution < 1.29 is 0 Å². The molecule has 1 atom stereocenters. The van der Waals surface area contributed by atoms with E-state index in [0.717, 1.165) is 11.4 Å². The van der Waals surface area contributed by atoms with Crippen molar-refractivity contribution in [2.75, 3.05) is 5.73 Å². The quantitative estimate of drug-likeness (QED) is 0.881. The zero-order chi connectivity index (χ0) is 13.4. The Hall–Kier alpha value is -1.51. The van der Waals surface area contributed by atoms with E-state index in [1.54, 1.807) is 0 Å². The van der Waals surface area contributed by atoms with Gasteiger partial charge in [0.25, 0.3) is 0 Å². The van der Waals surface area contributed by atoms with E-state index in [4.69, 9.17) is 5.73 Å². The van der Waals surface area contributed by atoms with E-state index in [1.165, 1.54) is 43.2 Å². The highest BCUT2D eigenvalue weighted by Gasteiger charge is 2.24. The van der Waals surface area contributed by atoms with E-state index in [2.05, 4.69) is 41.6 Å². The number of aromatic nitrogens is 2. The van der Waals surface area contributed by atoms with Crippen LogP contribution in [0, 0.1) is 12.8 Å². The average Bonchev–Trinajstić information content (AvgIpc) is 2.74. The highest BCUT2D eigenvalue weighted by Crippen LogP contribution is 2.35. The monoisotopic (exact) mass is 257 g/mol. The summed E-state index contributed by atoms with van der Waals surface area (Å²) in [6.45, 7) is 4.42. The van der Waals surface area contributed by atoms with Gasteiger partial charge in [-0.3, -0.25) is 0 Å². The van der Waals surface area contributed by atoms with Crippen LogP contribution < -0.4 is 5.73 Å². The maximum absolute atomic E-state index is 6.16. The van der Waals surface area contributed by atoms with Crippen molar-refractivity contribution in [3.8, 4) is 0 Å². The van der Waals surface area contributed by atoms with Gasteiger partial charge in [0, 0.05) is 6.04 Å². The Morgan fingerprint density at radius 3 is 2.74 bits per heavy atom. The summed E-state index contributed by atoms with van der Waals surface area (Å²) in [5.74, 6) is 1.41. The van der Waals surface area contributed by atoms with Crippen LogP contribution in [0.3, 0.4) is 0 Å². The van der Waals surface area contributed by atoms with Crippen molar-refractivity contribution in [2.45, 2.75) is 52.0 Å². The standard InChI is InChI=1S/C16H23N3/c1-11-8-9-14-15(10-11)19(16(17)18-14)12(2)13-6-4-3-5-7-13/h8-10,12-13H,3-7H2,1-2H3,(H2,17,18). The maximum atomic E-state index is 6.16. The highest BCUT2D eigenvalue weighted by molar-refractivity contribution is 5.79. The number of fused-ring (bicyclic) bond motifs is 1. The van der Waals surface area contributed by atoms with E-state index in [1.807, 2.05) is 0 Å². The second-order valence-electron chi connectivity index (χ2n) is 5.97. The molecule has 1 aromatic heterocycles. The first-order chi connectivity index (χ1) is 9.16. The number of hydrogen-bond acceptors (Lipinski definition) is 2. The number of rotatable bonds is 2. The van der Waals surface area contributed by atoms with Crippen molar-refractivity contribution in [1.82, 2.24) is 9.55 Å². The summed E-state index contributed by atoms with van der Waals surface area (Å²) >= 11 is 0. The maximum Gasteiger partial charge on any atom is 0.201 e. The number of imidazole rings is 1. The van der Waals surface area contributed by atoms with Crippen LogP contribution in [0.5, 0.6) is 0 Å². The summed E-state index contributed by atoms with van der Waals surface area (Å²) in [6.07, 6.45) is 6.77. The molecular formula is C16H23N3. The first kappa shape index (κ1) is 12.5. The Labute approximate surface area is 114 Å². The Morgan fingerprint density at radius 2 is 2.00 bits per heavy atom. The molecule has 0 saturated heterocycles. The first-order valence-electron chi connectivity index (χ1n) is 7.41. The van der Waals surface area contributed by atoms with Crippen LogP contribution in [0.15, 0.2) is 18.2 Å². The zero-order valence-corrected chi connectivity index (χ0v) is 11.9. The van der Waals surface area contributed by atoms with Crippen LogP contribution in [-0.4, -0.2) is 9.55 Å². The average molecular weight is 257 g/mol. The first-order valence-corrected chi connectivity index (χ1v) is 7.41. The van der Waals surface area contributed by atoms with E-state index >= 15 is 0 Å². The van der Waals surface area contributed by atoms with Gasteiger partial charge in [-0.15, -0.1) is 0 Å². The summed E-state index contributed by atoms with van der Waals surface area (Å²) < 4.78 is 2.25. The molecule has 19 heavy (non-hydrogen) atoms. The lowest BCUT2D eigenvalue weighted by molar-refractivity contribution is 0.269. The van der Waals surface area contributed by atoms with Gasteiger partial charge in [0.15, 0.2) is 0 Å². The van der Waals surface area contributed by atoms with Crippen LogP contribution in [0.2, 0.25) is 0 Å². The van der Waals surface area contributed by atoms with Crippen LogP contribution in [0.4, 0.5) is 5.95 Å². The second kappa shape index (κ2) is 4.87. The Bertz CT molecular complexity index is 579. The third kappa shape index (κ3) is 2.22. The lowest BCUT2D eigenvalue weighted by Crippen LogP contribution is -2.20. The van der Waals surface area contributed by atoms with Crippen LogP contribution in [-0.2, 0) is 0 Å². The van der Waals surface area contributed by atoms with Crippen LogP contribution in [0.25, 0.3) is 11.0 Å². The predicted octanol–water partition coefficient (Wildman–Crippen LogP) is 4.07. The van der Waals surface area contributed by atoms with Gasteiger partial charge in [-0.2, -0.15) is 0 Å². The van der Waals surface area contributed by atoms with E-state index in [0.29, 0.717) is 12.0 Å². The van der Waals surface area contributed by atoms with Crippen molar-refractivity contribution in [2.24, 2.45) is 5.92 Å². The minimum atomic E-state index is 0.451. The summed E-state index contributed by atoms with van der Waals surface area (Å²) in [6, 6.07) is 6.83. The molecule has 1 aliphatic carbocycles. The van der Waals surface area contributed by atoms with Gasteiger partial charge < -0.3 is 10.3 Å². The predicted molar refractivity (Wildman–Crippen MR) is 80.2 cm³/mol. The molecule has 3 heteroatoms. The lowest BCUT2D eigenvalue weighted by atomic mass is 9.84. The molecule has 0 radical (unpaired) electrons. The molecule has 0 aliphatic heterocycles. The summed E-state index contributed by atoms with van der Waals surface area (Å²) in [5, 5.41) is 0. The SMILES string of the molecule is Cc1ccc2nc(N)n(C(C)C3CCCCC3)c2c1. The van der Waals surface area contributed by atoms with Crippen molar-refractivity contribution in [3.63, 3.8) is 0 Å². The molecule has 2 N–H and O–H groups in total. The van der Waals surface area contributed by atoms with Gasteiger partial charge in [-0.25, -0.2) is 4.98 Å². The molecule has 3 nitrogen and oxygen atoms in total. The Morgan fingerprint density at radius 1 is 1.26 bits per heavy atom. The van der Waals surface area contributed by atoms with E-state index in [9.17, 15) is 0 Å². The number of nitrogens with zero attached hydrogens (tertiary/aromatic N) is 2. The number of benzene rings is 1. The van der Waals surface area contributed by atoms with Gasteiger partial charge in [0.2, 0.25) is 5.95 Å². The van der Waals surface area contributed by atoms with E-state index < -0.39 is 0 Å². The molecular weight excluding hydrogens is 234 g/mol. The third-order valence-electron chi connectivity index (χ3n) is 4.61. The fraction of sp³-hybridized carbons (Fsp3) is 0.562. The molecule has 1 aromatic carbocycles. The fourth-order valence-corrected chi connectivity index (χ4v) is 3.48. The molecule has 1 unspecified atom stereocenters. The summed E-state index contributed by atoms with van der Waals surface area (Å²) in [4.78, 5) is 4.51. The van der Waals surface area contributed by atoms with Crippen molar-refractivity contribution >= 4 is 17.0 Å². The number of nitrogen functional groups attached to an aromatic ring is 1. The molecule has 0 bridgehead atoms. The molecule has 0 spiro atoms. The molecule has 102 valence electrons. The minimum Gasteiger partial charge on any atom is -0.369 e. The topological polar surface area (TPSA) is 43.8 Å².